The molecule has 2 heteroatoms. The summed E-state index contributed by atoms with van der Waals surface area (Å²) in [5, 5.41) is 4.88. The van der Waals surface area contributed by atoms with Crippen LogP contribution in [0.4, 0.5) is 0 Å². The summed E-state index contributed by atoms with van der Waals surface area (Å²) in [6, 6.07) is 8.65. The second-order valence-corrected chi connectivity index (χ2v) is 5.47. The first kappa shape index (κ1) is 13.2. The van der Waals surface area contributed by atoms with E-state index in [2.05, 4.69) is 61.1 Å². The Kier molecular flexibility index (Phi) is 4.43. The molecule has 0 unspecified atom stereocenters. The van der Waals surface area contributed by atoms with Crippen molar-refractivity contribution >= 4 is 10.9 Å². The molecule has 0 bridgehead atoms. The quantitative estimate of drug-likeness (QED) is 0.768. The maximum Gasteiger partial charge on any atom is 0.0483 e. The predicted molar refractivity (Wildman–Crippen MR) is 79.0 cm³/mol. The number of benzene rings is 1. The van der Waals surface area contributed by atoms with Crippen LogP contribution in [0, 0.1) is 12.8 Å². The van der Waals surface area contributed by atoms with Crippen molar-refractivity contribution in [2.24, 2.45) is 5.92 Å². The smallest absolute Gasteiger partial charge is 0.0483 e. The van der Waals surface area contributed by atoms with E-state index in [1.54, 1.807) is 0 Å². The fourth-order valence-corrected chi connectivity index (χ4v) is 2.38. The van der Waals surface area contributed by atoms with Gasteiger partial charge in [0.05, 0.1) is 0 Å². The van der Waals surface area contributed by atoms with E-state index in [9.17, 15) is 0 Å². The average Bonchev–Trinajstić information content (AvgIpc) is 2.66. The van der Waals surface area contributed by atoms with E-state index in [0.717, 1.165) is 25.6 Å². The molecule has 0 fully saturated rings. The molecule has 0 spiro atoms. The molecule has 1 N–H and O–H groups in total. The standard InChI is InChI=1S/C16H24N2/c1-13(2)11-17-9-6-10-18-12-14(3)15-7-4-5-8-16(15)18/h4-5,7-8,12-13,17H,6,9-11H2,1-3H3. The van der Waals surface area contributed by atoms with Gasteiger partial charge in [0, 0.05) is 23.6 Å². The summed E-state index contributed by atoms with van der Waals surface area (Å²) in [6.45, 7) is 10.00. The third kappa shape index (κ3) is 3.14. The van der Waals surface area contributed by atoms with Crippen molar-refractivity contribution in [3.63, 3.8) is 0 Å². The topological polar surface area (TPSA) is 17.0 Å². The highest BCUT2D eigenvalue weighted by molar-refractivity contribution is 5.83. The second-order valence-electron chi connectivity index (χ2n) is 5.47. The van der Waals surface area contributed by atoms with Crippen molar-refractivity contribution in [1.29, 1.82) is 0 Å². The molecule has 2 aromatic rings. The minimum atomic E-state index is 0.736. The Labute approximate surface area is 110 Å². The summed E-state index contributed by atoms with van der Waals surface area (Å²) in [6.07, 6.45) is 3.46. The molecule has 0 atom stereocenters. The molecule has 0 radical (unpaired) electrons. The number of rotatable bonds is 6. The molecule has 0 amide bonds. The fraction of sp³-hybridized carbons (Fsp3) is 0.500. The van der Waals surface area contributed by atoms with Gasteiger partial charge in [-0.1, -0.05) is 32.0 Å². The molecule has 98 valence electrons. The lowest BCUT2D eigenvalue weighted by Gasteiger charge is -2.08. The van der Waals surface area contributed by atoms with Crippen molar-refractivity contribution < 1.29 is 0 Å². The Balaban J connectivity index is 1.92. The van der Waals surface area contributed by atoms with Gasteiger partial charge in [0.15, 0.2) is 0 Å². The molecular formula is C16H24N2. The number of fused-ring (bicyclic) bond motifs is 1. The molecular weight excluding hydrogens is 220 g/mol. The van der Waals surface area contributed by atoms with Crippen LogP contribution < -0.4 is 5.32 Å². The first-order valence-corrected chi connectivity index (χ1v) is 6.93. The van der Waals surface area contributed by atoms with Gasteiger partial charge in [-0.3, -0.25) is 0 Å². The van der Waals surface area contributed by atoms with Crippen LogP contribution in [0.2, 0.25) is 0 Å². The first-order valence-electron chi connectivity index (χ1n) is 6.93. The third-order valence-corrected chi connectivity index (χ3v) is 3.29. The molecule has 0 saturated carbocycles. The number of nitrogens with zero attached hydrogens (tertiary/aromatic N) is 1. The van der Waals surface area contributed by atoms with Crippen LogP contribution in [0.1, 0.15) is 25.8 Å². The van der Waals surface area contributed by atoms with Gasteiger partial charge in [0.2, 0.25) is 0 Å². The van der Waals surface area contributed by atoms with Crippen LogP contribution in [0.15, 0.2) is 30.5 Å². The number of hydrogen-bond acceptors (Lipinski definition) is 1. The monoisotopic (exact) mass is 244 g/mol. The summed E-state index contributed by atoms with van der Waals surface area (Å²) in [5.41, 5.74) is 2.74. The van der Waals surface area contributed by atoms with Crippen LogP contribution in [0.3, 0.4) is 0 Å². The number of aromatic nitrogens is 1. The third-order valence-electron chi connectivity index (χ3n) is 3.29. The number of nitrogens with one attached hydrogen (secondary N) is 1. The zero-order chi connectivity index (χ0) is 13.0. The minimum Gasteiger partial charge on any atom is -0.347 e. The lowest BCUT2D eigenvalue weighted by molar-refractivity contribution is 0.525. The molecule has 18 heavy (non-hydrogen) atoms. The molecule has 0 saturated heterocycles. The maximum atomic E-state index is 3.50. The molecule has 2 rings (SSSR count). The Morgan fingerprint density at radius 1 is 1.22 bits per heavy atom. The second kappa shape index (κ2) is 6.05. The van der Waals surface area contributed by atoms with Gasteiger partial charge < -0.3 is 9.88 Å². The Morgan fingerprint density at radius 3 is 2.78 bits per heavy atom. The molecule has 0 aliphatic carbocycles. The summed E-state index contributed by atoms with van der Waals surface area (Å²) in [7, 11) is 0. The summed E-state index contributed by atoms with van der Waals surface area (Å²) < 4.78 is 2.38. The van der Waals surface area contributed by atoms with Crippen LogP contribution >= 0.6 is 0 Å². The van der Waals surface area contributed by atoms with Crippen LogP contribution in [-0.2, 0) is 6.54 Å². The average molecular weight is 244 g/mol. The molecule has 1 heterocycles. The van der Waals surface area contributed by atoms with Crippen molar-refractivity contribution in [2.45, 2.75) is 33.7 Å². The van der Waals surface area contributed by atoms with E-state index in [4.69, 9.17) is 0 Å². The summed E-state index contributed by atoms with van der Waals surface area (Å²) >= 11 is 0. The van der Waals surface area contributed by atoms with Crippen molar-refractivity contribution in [3.8, 4) is 0 Å². The summed E-state index contributed by atoms with van der Waals surface area (Å²) in [4.78, 5) is 0. The highest BCUT2D eigenvalue weighted by atomic mass is 15.0. The number of hydrogen-bond donors (Lipinski definition) is 1. The first-order chi connectivity index (χ1) is 8.68. The zero-order valence-corrected chi connectivity index (χ0v) is 11.7. The van der Waals surface area contributed by atoms with Gasteiger partial charge in [-0.15, -0.1) is 0 Å². The number of aryl methyl sites for hydroxylation is 2. The fourth-order valence-electron chi connectivity index (χ4n) is 2.38. The Bertz CT molecular complexity index is 497. The van der Waals surface area contributed by atoms with E-state index in [1.165, 1.54) is 22.9 Å². The number of para-hydroxylation sites is 1. The lowest BCUT2D eigenvalue weighted by atomic mass is 10.2. The van der Waals surface area contributed by atoms with Gasteiger partial charge in [-0.2, -0.15) is 0 Å². The van der Waals surface area contributed by atoms with Gasteiger partial charge in [-0.25, -0.2) is 0 Å². The van der Waals surface area contributed by atoms with E-state index in [1.807, 2.05) is 0 Å². The van der Waals surface area contributed by atoms with Gasteiger partial charge in [0.1, 0.15) is 0 Å². The van der Waals surface area contributed by atoms with Gasteiger partial charge in [0.25, 0.3) is 0 Å². The molecule has 0 aliphatic heterocycles. The molecule has 0 aliphatic rings. The Morgan fingerprint density at radius 2 is 2.00 bits per heavy atom. The summed E-state index contributed by atoms with van der Waals surface area (Å²) in [5.74, 6) is 0.736. The van der Waals surface area contributed by atoms with E-state index in [0.29, 0.717) is 0 Å². The van der Waals surface area contributed by atoms with Crippen LogP contribution in [0.5, 0.6) is 0 Å². The van der Waals surface area contributed by atoms with Gasteiger partial charge in [-0.05, 0) is 44.0 Å². The maximum absolute atomic E-state index is 3.50. The highest BCUT2D eigenvalue weighted by Gasteiger charge is 2.03. The van der Waals surface area contributed by atoms with Crippen LogP contribution in [-0.4, -0.2) is 17.7 Å². The lowest BCUT2D eigenvalue weighted by Crippen LogP contribution is -2.21. The normalized spacial score (nSPS) is 11.6. The van der Waals surface area contributed by atoms with Crippen molar-refractivity contribution in [2.75, 3.05) is 13.1 Å². The van der Waals surface area contributed by atoms with Crippen molar-refractivity contribution in [3.05, 3.63) is 36.0 Å². The molecule has 1 aromatic heterocycles. The van der Waals surface area contributed by atoms with Gasteiger partial charge >= 0.3 is 0 Å². The highest BCUT2D eigenvalue weighted by Crippen LogP contribution is 2.20. The van der Waals surface area contributed by atoms with E-state index < -0.39 is 0 Å². The van der Waals surface area contributed by atoms with Crippen LogP contribution in [0.25, 0.3) is 10.9 Å². The van der Waals surface area contributed by atoms with Crippen molar-refractivity contribution in [1.82, 2.24) is 9.88 Å². The zero-order valence-electron chi connectivity index (χ0n) is 11.7. The SMILES string of the molecule is Cc1cn(CCCNCC(C)C)c2ccccc12. The Hall–Kier alpha value is -1.28. The van der Waals surface area contributed by atoms with E-state index >= 15 is 0 Å². The van der Waals surface area contributed by atoms with E-state index in [-0.39, 0.29) is 0 Å². The predicted octanol–water partition coefficient (Wildman–Crippen LogP) is 3.59. The molecule has 1 aromatic carbocycles. The molecule has 2 nitrogen and oxygen atoms in total. The minimum absolute atomic E-state index is 0.736. The largest absolute Gasteiger partial charge is 0.347 e.